The minimum Gasteiger partial charge on any atom is -0.496 e. The van der Waals surface area contributed by atoms with Crippen LogP contribution in [-0.4, -0.2) is 38.4 Å². The molecule has 1 aromatic carbocycles. The molecule has 0 spiro atoms. The number of ether oxygens (including phenoxy) is 1. The number of para-hydroxylation sites is 1. The lowest BCUT2D eigenvalue weighted by atomic mass is 10.2. The van der Waals surface area contributed by atoms with Crippen LogP contribution < -0.4 is 4.74 Å². The van der Waals surface area contributed by atoms with E-state index >= 15 is 0 Å². The summed E-state index contributed by atoms with van der Waals surface area (Å²) in [5.74, 6) is 1.35. The second kappa shape index (κ2) is 7.05. The van der Waals surface area contributed by atoms with E-state index in [0.29, 0.717) is 16.3 Å². The van der Waals surface area contributed by atoms with Gasteiger partial charge in [-0.15, -0.1) is 0 Å². The third-order valence-corrected chi connectivity index (χ3v) is 3.53. The van der Waals surface area contributed by atoms with E-state index < -0.39 is 0 Å². The molecular weight excluding hydrogens is 324 g/mol. The Balaban J connectivity index is 1.84. The summed E-state index contributed by atoms with van der Waals surface area (Å²) < 4.78 is 7.22. The lowest BCUT2D eigenvalue weighted by Gasteiger charge is -2.02. The second-order valence-corrected chi connectivity index (χ2v) is 5.35. The van der Waals surface area contributed by atoms with Crippen LogP contribution in [0.3, 0.4) is 0 Å². The molecule has 0 atom stereocenters. The number of nitrogens with zero attached hydrogens (tertiary/aromatic N) is 4. The number of hydrogen-bond acceptors (Lipinski definition) is 5. The number of aromatic nitrogens is 5. The molecular formula is C16H16N6OS. The Morgan fingerprint density at radius 3 is 2.83 bits per heavy atom. The first-order valence-corrected chi connectivity index (χ1v) is 7.63. The van der Waals surface area contributed by atoms with Crippen LogP contribution in [-0.2, 0) is 0 Å². The maximum absolute atomic E-state index is 5.30. The fourth-order valence-electron chi connectivity index (χ4n) is 2.15. The first-order chi connectivity index (χ1) is 11.7. The minimum absolute atomic E-state index is 0.396. The summed E-state index contributed by atoms with van der Waals surface area (Å²) in [6.45, 7) is 1.92. The van der Waals surface area contributed by atoms with E-state index in [0.717, 1.165) is 17.0 Å². The van der Waals surface area contributed by atoms with Crippen molar-refractivity contribution in [2.24, 2.45) is 5.10 Å². The molecule has 122 valence electrons. The second-order valence-electron chi connectivity index (χ2n) is 4.97. The Kier molecular flexibility index (Phi) is 4.66. The van der Waals surface area contributed by atoms with Gasteiger partial charge in [-0.3, -0.25) is 5.10 Å². The quantitative estimate of drug-likeness (QED) is 0.552. The van der Waals surface area contributed by atoms with Gasteiger partial charge in [-0.05, 0) is 43.4 Å². The maximum Gasteiger partial charge on any atom is 0.216 e. The Morgan fingerprint density at radius 2 is 2.08 bits per heavy atom. The summed E-state index contributed by atoms with van der Waals surface area (Å²) in [4.78, 5) is 0. The molecule has 0 aliphatic rings. The van der Waals surface area contributed by atoms with Gasteiger partial charge in [0.2, 0.25) is 10.6 Å². The molecule has 0 fully saturated rings. The predicted octanol–water partition coefficient (Wildman–Crippen LogP) is 3.20. The number of aromatic amines is 2. The van der Waals surface area contributed by atoms with E-state index in [1.165, 1.54) is 4.68 Å². The topological polar surface area (TPSA) is 83.9 Å². The van der Waals surface area contributed by atoms with Gasteiger partial charge in [-0.1, -0.05) is 18.2 Å². The molecule has 8 heteroatoms. The molecule has 24 heavy (non-hydrogen) atoms. The predicted molar refractivity (Wildman–Crippen MR) is 95.6 cm³/mol. The zero-order chi connectivity index (χ0) is 16.9. The lowest BCUT2D eigenvalue weighted by molar-refractivity contribution is 0.414. The van der Waals surface area contributed by atoms with E-state index in [2.05, 4.69) is 25.5 Å². The molecule has 0 bridgehead atoms. The Bertz CT molecular complexity index is 949. The fourth-order valence-corrected chi connectivity index (χ4v) is 2.33. The van der Waals surface area contributed by atoms with Gasteiger partial charge >= 0.3 is 0 Å². The normalized spacial score (nSPS) is 11.6. The fraction of sp³-hybridized carbons (Fsp3) is 0.125. The van der Waals surface area contributed by atoms with Crippen molar-refractivity contribution in [3.63, 3.8) is 0 Å². The van der Waals surface area contributed by atoms with E-state index in [1.54, 1.807) is 13.3 Å². The van der Waals surface area contributed by atoms with Gasteiger partial charge in [0, 0.05) is 17.5 Å². The van der Waals surface area contributed by atoms with Crippen LogP contribution in [0.15, 0.2) is 41.5 Å². The third kappa shape index (κ3) is 3.33. The first-order valence-electron chi connectivity index (χ1n) is 7.23. The molecule has 2 heterocycles. The van der Waals surface area contributed by atoms with Gasteiger partial charge in [0.05, 0.1) is 7.11 Å². The number of rotatable bonds is 5. The van der Waals surface area contributed by atoms with Crippen LogP contribution in [0.2, 0.25) is 0 Å². The maximum atomic E-state index is 5.30. The highest BCUT2D eigenvalue weighted by molar-refractivity contribution is 7.71. The highest BCUT2D eigenvalue weighted by Gasteiger charge is 2.10. The molecule has 0 saturated carbocycles. The standard InChI is InChI=1S/C16H16N6OS/c1-11-10-13(19-18-11)15-20-21-16(24)22(15)17-9-5-7-12-6-3-4-8-14(12)23-2/h3-10H,1-2H3,(H,18,19)(H,21,24)/b7-5+,17-9-. The highest BCUT2D eigenvalue weighted by Crippen LogP contribution is 2.18. The molecule has 2 N–H and O–H groups in total. The van der Waals surface area contributed by atoms with Crippen LogP contribution >= 0.6 is 12.2 Å². The molecule has 0 radical (unpaired) electrons. The van der Waals surface area contributed by atoms with Crippen molar-refractivity contribution in [1.82, 2.24) is 25.1 Å². The third-order valence-electron chi connectivity index (χ3n) is 3.27. The summed E-state index contributed by atoms with van der Waals surface area (Å²) in [6, 6.07) is 9.62. The van der Waals surface area contributed by atoms with Crippen LogP contribution in [0.25, 0.3) is 17.6 Å². The number of hydrogen-bond donors (Lipinski definition) is 2. The molecule has 0 saturated heterocycles. The molecule has 0 unspecified atom stereocenters. The van der Waals surface area contributed by atoms with Gasteiger partial charge in [0.25, 0.3) is 0 Å². The van der Waals surface area contributed by atoms with Crippen LogP contribution in [0.5, 0.6) is 5.75 Å². The van der Waals surface area contributed by atoms with Gasteiger partial charge in [0.1, 0.15) is 11.4 Å². The summed E-state index contributed by atoms with van der Waals surface area (Å²) in [5.41, 5.74) is 2.57. The van der Waals surface area contributed by atoms with E-state index in [9.17, 15) is 0 Å². The number of H-pyrrole nitrogens is 2. The van der Waals surface area contributed by atoms with Gasteiger partial charge in [0.15, 0.2) is 0 Å². The molecule has 0 aliphatic heterocycles. The lowest BCUT2D eigenvalue weighted by Crippen LogP contribution is -1.94. The zero-order valence-electron chi connectivity index (χ0n) is 13.2. The summed E-state index contributed by atoms with van der Waals surface area (Å²) in [5, 5.41) is 18.3. The zero-order valence-corrected chi connectivity index (χ0v) is 14.0. The van der Waals surface area contributed by atoms with Crippen molar-refractivity contribution >= 4 is 24.5 Å². The first kappa shape index (κ1) is 15.9. The number of aryl methyl sites for hydroxylation is 1. The van der Waals surface area contributed by atoms with Crippen LogP contribution in [0.1, 0.15) is 11.3 Å². The summed E-state index contributed by atoms with van der Waals surface area (Å²) >= 11 is 5.21. The van der Waals surface area contributed by atoms with Crippen LogP contribution in [0.4, 0.5) is 0 Å². The molecule has 0 amide bonds. The van der Waals surface area contributed by atoms with E-state index in [-0.39, 0.29) is 0 Å². The molecule has 2 aromatic heterocycles. The van der Waals surface area contributed by atoms with Crippen molar-refractivity contribution in [2.45, 2.75) is 6.92 Å². The smallest absolute Gasteiger partial charge is 0.216 e. The highest BCUT2D eigenvalue weighted by atomic mass is 32.1. The summed E-state index contributed by atoms with van der Waals surface area (Å²) in [6.07, 6.45) is 5.36. The largest absolute Gasteiger partial charge is 0.496 e. The molecule has 3 rings (SSSR count). The van der Waals surface area contributed by atoms with Crippen molar-refractivity contribution in [3.05, 3.63) is 52.4 Å². The average molecular weight is 340 g/mol. The number of allylic oxidation sites excluding steroid dienone is 1. The summed E-state index contributed by atoms with van der Waals surface area (Å²) in [7, 11) is 1.64. The van der Waals surface area contributed by atoms with Crippen LogP contribution in [0, 0.1) is 11.7 Å². The monoisotopic (exact) mass is 340 g/mol. The Labute approximate surface area is 143 Å². The number of nitrogens with one attached hydrogen (secondary N) is 2. The Hall–Kier alpha value is -3.00. The number of methoxy groups -OCH3 is 1. The SMILES string of the molecule is COc1ccccc1/C=C/C=N\n1c(-c2cc(C)[nH]n2)n[nH]c1=S. The van der Waals surface area contributed by atoms with Crippen molar-refractivity contribution in [1.29, 1.82) is 0 Å². The van der Waals surface area contributed by atoms with E-state index in [1.807, 2.05) is 49.4 Å². The minimum atomic E-state index is 0.396. The number of benzene rings is 1. The van der Waals surface area contributed by atoms with Crippen molar-refractivity contribution in [2.75, 3.05) is 7.11 Å². The van der Waals surface area contributed by atoms with Gasteiger partial charge in [-0.25, -0.2) is 5.10 Å². The van der Waals surface area contributed by atoms with Crippen molar-refractivity contribution < 1.29 is 4.74 Å². The Morgan fingerprint density at radius 1 is 1.25 bits per heavy atom. The van der Waals surface area contributed by atoms with Gasteiger partial charge in [-0.2, -0.15) is 20.0 Å². The van der Waals surface area contributed by atoms with Crippen molar-refractivity contribution in [3.8, 4) is 17.3 Å². The molecule has 0 aliphatic carbocycles. The van der Waals surface area contributed by atoms with E-state index in [4.69, 9.17) is 17.0 Å². The molecule has 3 aromatic rings. The average Bonchev–Trinajstić information content (AvgIpc) is 3.18. The molecule has 7 nitrogen and oxygen atoms in total. The van der Waals surface area contributed by atoms with Gasteiger partial charge < -0.3 is 4.74 Å².